The number of ether oxygens (including phenoxy) is 1. The van der Waals surface area contributed by atoms with Gasteiger partial charge in [0.1, 0.15) is 12.1 Å². The third-order valence-electron chi connectivity index (χ3n) is 5.39. The molecule has 0 radical (unpaired) electrons. The van der Waals surface area contributed by atoms with E-state index in [9.17, 15) is 9.59 Å². The zero-order valence-electron chi connectivity index (χ0n) is 17.8. The van der Waals surface area contributed by atoms with Gasteiger partial charge in [-0.1, -0.05) is 42.5 Å². The number of aromatic nitrogens is 2. The maximum absolute atomic E-state index is 12.6. The second-order valence-corrected chi connectivity index (χ2v) is 7.39. The van der Waals surface area contributed by atoms with Crippen molar-refractivity contribution in [3.63, 3.8) is 0 Å². The van der Waals surface area contributed by atoms with Crippen molar-refractivity contribution in [2.75, 3.05) is 38.2 Å². The van der Waals surface area contributed by atoms with Crippen LogP contribution >= 0.6 is 0 Å². The monoisotopic (exact) mass is 428 g/mol. The van der Waals surface area contributed by atoms with Gasteiger partial charge in [-0.2, -0.15) is 0 Å². The van der Waals surface area contributed by atoms with E-state index >= 15 is 0 Å². The summed E-state index contributed by atoms with van der Waals surface area (Å²) in [6.07, 6.45) is 4.91. The molecule has 0 spiro atoms. The van der Waals surface area contributed by atoms with Crippen molar-refractivity contribution in [2.45, 2.75) is 0 Å². The van der Waals surface area contributed by atoms with Gasteiger partial charge in [0.15, 0.2) is 0 Å². The van der Waals surface area contributed by atoms with E-state index in [1.54, 1.807) is 42.7 Å². The minimum atomic E-state index is -0.381. The second-order valence-electron chi connectivity index (χ2n) is 7.39. The number of amides is 1. The molecule has 7 heteroatoms. The number of rotatable bonds is 5. The summed E-state index contributed by atoms with van der Waals surface area (Å²) in [5.41, 5.74) is 3.26. The van der Waals surface area contributed by atoms with Crippen molar-refractivity contribution in [3.8, 4) is 11.3 Å². The number of carbonyl (C=O) groups is 2. The number of anilines is 1. The Hall–Kier alpha value is -4.00. The minimum Gasteiger partial charge on any atom is -0.465 e. The summed E-state index contributed by atoms with van der Waals surface area (Å²) in [4.78, 5) is 36.9. The van der Waals surface area contributed by atoms with Gasteiger partial charge in [-0.25, -0.2) is 14.8 Å². The Balaban J connectivity index is 1.34. The van der Waals surface area contributed by atoms with Crippen LogP contribution in [-0.4, -0.2) is 60.0 Å². The number of hydrogen-bond donors (Lipinski definition) is 0. The van der Waals surface area contributed by atoms with Crippen LogP contribution < -0.4 is 4.90 Å². The molecule has 2 aromatic carbocycles. The number of hydrogen-bond acceptors (Lipinski definition) is 6. The number of nitrogens with zero attached hydrogens (tertiary/aromatic N) is 4. The van der Waals surface area contributed by atoms with E-state index in [0.717, 1.165) is 22.6 Å². The summed E-state index contributed by atoms with van der Waals surface area (Å²) in [5.74, 6) is 0.454. The molecule has 1 aromatic heterocycles. The molecule has 4 rings (SSSR count). The lowest BCUT2D eigenvalue weighted by Gasteiger charge is -2.35. The van der Waals surface area contributed by atoms with E-state index in [1.165, 1.54) is 7.11 Å². The van der Waals surface area contributed by atoms with Crippen LogP contribution in [0, 0.1) is 0 Å². The highest BCUT2D eigenvalue weighted by Gasteiger charge is 2.21. The van der Waals surface area contributed by atoms with Gasteiger partial charge in [0.25, 0.3) is 0 Å². The van der Waals surface area contributed by atoms with Gasteiger partial charge in [0, 0.05) is 43.9 Å². The van der Waals surface area contributed by atoms with Crippen LogP contribution in [0.4, 0.5) is 5.82 Å². The lowest BCUT2D eigenvalue weighted by Crippen LogP contribution is -2.48. The van der Waals surface area contributed by atoms with Crippen molar-refractivity contribution in [3.05, 3.63) is 84.2 Å². The van der Waals surface area contributed by atoms with Gasteiger partial charge in [-0.3, -0.25) is 4.79 Å². The first-order valence-electron chi connectivity index (χ1n) is 10.4. The number of methoxy groups -OCH3 is 1. The first kappa shape index (κ1) is 21.2. The highest BCUT2D eigenvalue weighted by atomic mass is 16.5. The lowest BCUT2D eigenvalue weighted by atomic mass is 10.1. The molecule has 162 valence electrons. The van der Waals surface area contributed by atoms with E-state index < -0.39 is 0 Å². The summed E-state index contributed by atoms with van der Waals surface area (Å²) in [6.45, 7) is 2.65. The molecule has 7 nitrogen and oxygen atoms in total. The predicted molar refractivity (Wildman–Crippen MR) is 123 cm³/mol. The van der Waals surface area contributed by atoms with Gasteiger partial charge in [-0.15, -0.1) is 0 Å². The van der Waals surface area contributed by atoms with Gasteiger partial charge in [0.05, 0.1) is 18.4 Å². The van der Waals surface area contributed by atoms with Gasteiger partial charge in [0.2, 0.25) is 5.91 Å². The molecular formula is C25H24N4O3. The fourth-order valence-electron chi connectivity index (χ4n) is 3.56. The van der Waals surface area contributed by atoms with E-state index in [2.05, 4.69) is 14.9 Å². The largest absolute Gasteiger partial charge is 0.465 e. The van der Waals surface area contributed by atoms with Crippen LogP contribution in [0.15, 0.2) is 73.1 Å². The maximum atomic E-state index is 12.6. The SMILES string of the molecule is COC(=O)c1ccc(/C=C/C(=O)N2CCN(c3cc(-c4ccccc4)ncn3)CC2)cc1. The van der Waals surface area contributed by atoms with Crippen LogP contribution in [0.25, 0.3) is 17.3 Å². The number of piperazine rings is 1. The third-order valence-corrected chi connectivity index (χ3v) is 5.39. The zero-order valence-corrected chi connectivity index (χ0v) is 17.8. The number of esters is 1. The normalized spacial score (nSPS) is 13.9. The summed E-state index contributed by atoms with van der Waals surface area (Å²) < 4.78 is 4.69. The Morgan fingerprint density at radius 2 is 1.66 bits per heavy atom. The van der Waals surface area contributed by atoms with Crippen LogP contribution in [0.2, 0.25) is 0 Å². The summed E-state index contributed by atoms with van der Waals surface area (Å²) in [5, 5.41) is 0. The third kappa shape index (κ3) is 5.00. The van der Waals surface area contributed by atoms with Crippen LogP contribution in [0.1, 0.15) is 15.9 Å². The minimum absolute atomic E-state index is 0.0330. The first-order valence-corrected chi connectivity index (χ1v) is 10.4. The smallest absolute Gasteiger partial charge is 0.337 e. The molecule has 1 amide bonds. The number of benzene rings is 2. The Bertz CT molecular complexity index is 1110. The lowest BCUT2D eigenvalue weighted by molar-refractivity contribution is -0.126. The Labute approximate surface area is 187 Å². The Morgan fingerprint density at radius 1 is 0.938 bits per heavy atom. The molecular weight excluding hydrogens is 404 g/mol. The van der Waals surface area contributed by atoms with E-state index in [0.29, 0.717) is 31.7 Å². The van der Waals surface area contributed by atoms with Crippen molar-refractivity contribution >= 4 is 23.8 Å². The van der Waals surface area contributed by atoms with E-state index in [4.69, 9.17) is 4.74 Å². The van der Waals surface area contributed by atoms with Crippen molar-refractivity contribution in [2.24, 2.45) is 0 Å². The molecule has 0 atom stereocenters. The molecule has 2 heterocycles. The van der Waals surface area contributed by atoms with Crippen molar-refractivity contribution < 1.29 is 14.3 Å². The fraction of sp³-hybridized carbons (Fsp3) is 0.200. The predicted octanol–water partition coefficient (Wildman–Crippen LogP) is 3.29. The Morgan fingerprint density at radius 3 is 2.34 bits per heavy atom. The standard InChI is InChI=1S/C25H24N4O3/c1-32-25(31)21-10-7-19(8-11-21)9-12-24(30)29-15-13-28(14-16-29)23-17-22(26-18-27-23)20-5-3-2-4-6-20/h2-12,17-18H,13-16H2,1H3/b12-9+. The summed E-state index contributed by atoms with van der Waals surface area (Å²) in [6, 6.07) is 18.9. The molecule has 1 fully saturated rings. The molecule has 0 bridgehead atoms. The molecule has 1 aliphatic heterocycles. The molecule has 0 aliphatic carbocycles. The Kier molecular flexibility index (Phi) is 6.55. The molecule has 32 heavy (non-hydrogen) atoms. The zero-order chi connectivity index (χ0) is 22.3. The molecule has 1 aliphatic rings. The van der Waals surface area contributed by atoms with Crippen molar-refractivity contribution in [1.29, 1.82) is 0 Å². The molecule has 0 unspecified atom stereocenters. The van der Waals surface area contributed by atoms with Crippen LogP contribution in [0.3, 0.4) is 0 Å². The maximum Gasteiger partial charge on any atom is 0.337 e. The van der Waals surface area contributed by atoms with Crippen LogP contribution in [0.5, 0.6) is 0 Å². The van der Waals surface area contributed by atoms with Gasteiger partial charge in [-0.05, 0) is 23.8 Å². The van der Waals surface area contributed by atoms with Crippen LogP contribution in [-0.2, 0) is 9.53 Å². The molecule has 0 saturated carbocycles. The average Bonchev–Trinajstić information content (AvgIpc) is 2.88. The second kappa shape index (κ2) is 9.87. The topological polar surface area (TPSA) is 75.6 Å². The van der Waals surface area contributed by atoms with Gasteiger partial charge < -0.3 is 14.5 Å². The van der Waals surface area contributed by atoms with E-state index in [1.807, 2.05) is 41.3 Å². The fourth-order valence-corrected chi connectivity index (χ4v) is 3.56. The highest BCUT2D eigenvalue weighted by Crippen LogP contribution is 2.21. The van der Waals surface area contributed by atoms with E-state index in [-0.39, 0.29) is 11.9 Å². The average molecular weight is 428 g/mol. The van der Waals surface area contributed by atoms with Gasteiger partial charge >= 0.3 is 5.97 Å². The number of carbonyl (C=O) groups excluding carboxylic acids is 2. The summed E-state index contributed by atoms with van der Waals surface area (Å²) in [7, 11) is 1.35. The molecule has 3 aromatic rings. The molecule has 0 N–H and O–H groups in total. The highest BCUT2D eigenvalue weighted by molar-refractivity contribution is 5.92. The quantitative estimate of drug-likeness (QED) is 0.459. The molecule has 1 saturated heterocycles. The van der Waals surface area contributed by atoms with Crippen molar-refractivity contribution in [1.82, 2.24) is 14.9 Å². The summed E-state index contributed by atoms with van der Waals surface area (Å²) >= 11 is 0. The first-order chi connectivity index (χ1) is 15.6.